The minimum atomic E-state index is -0.220. The Morgan fingerprint density at radius 2 is 1.86 bits per heavy atom. The van der Waals surface area contributed by atoms with Crippen LogP contribution >= 0.6 is 23.2 Å². The van der Waals surface area contributed by atoms with E-state index in [4.69, 9.17) is 27.9 Å². The van der Waals surface area contributed by atoms with Gasteiger partial charge in [0, 0.05) is 10.6 Å². The summed E-state index contributed by atoms with van der Waals surface area (Å²) in [6.07, 6.45) is 0. The lowest BCUT2D eigenvalue weighted by molar-refractivity contribution is 0.103. The Balaban J connectivity index is 2.38. The summed E-state index contributed by atoms with van der Waals surface area (Å²) in [5.41, 5.74) is 1.76. The van der Waals surface area contributed by atoms with Gasteiger partial charge in [-0.3, -0.25) is 4.79 Å². The van der Waals surface area contributed by atoms with Crippen molar-refractivity contribution < 1.29 is 9.53 Å². The van der Waals surface area contributed by atoms with Gasteiger partial charge in [0.25, 0.3) is 0 Å². The van der Waals surface area contributed by atoms with Crippen LogP contribution in [-0.4, -0.2) is 17.9 Å². The Labute approximate surface area is 133 Å². The van der Waals surface area contributed by atoms with E-state index < -0.39 is 0 Å². The molecule has 0 N–H and O–H groups in total. The third-order valence-electron chi connectivity index (χ3n) is 3.12. The Morgan fingerprint density at radius 1 is 1.14 bits per heavy atom. The molecule has 0 bridgehead atoms. The van der Waals surface area contributed by atoms with Gasteiger partial charge in [0.15, 0.2) is 0 Å². The molecule has 0 saturated carbocycles. The SMILES string of the molecule is COc1nc(C(=O)c2ccc(C(C)C)c(Cl)c2)ccc1Cl. The topological polar surface area (TPSA) is 39.2 Å². The second kappa shape index (κ2) is 6.46. The molecule has 0 saturated heterocycles. The number of ether oxygens (including phenoxy) is 1. The first kappa shape index (κ1) is 15.8. The van der Waals surface area contributed by atoms with Crippen LogP contribution in [0.3, 0.4) is 0 Å². The predicted octanol–water partition coefficient (Wildman–Crippen LogP) is 4.75. The smallest absolute Gasteiger partial charge is 0.232 e. The number of nitrogens with zero attached hydrogens (tertiary/aromatic N) is 1. The van der Waals surface area contributed by atoms with E-state index in [0.717, 1.165) is 5.56 Å². The van der Waals surface area contributed by atoms with E-state index in [0.29, 0.717) is 21.5 Å². The first-order valence-electron chi connectivity index (χ1n) is 6.48. The Hall–Kier alpha value is -1.58. The summed E-state index contributed by atoms with van der Waals surface area (Å²) in [5, 5.41) is 0.944. The lowest BCUT2D eigenvalue weighted by atomic mass is 9.99. The van der Waals surface area contributed by atoms with Gasteiger partial charge in [-0.2, -0.15) is 0 Å². The van der Waals surface area contributed by atoms with Gasteiger partial charge in [-0.15, -0.1) is 0 Å². The van der Waals surface area contributed by atoms with E-state index in [1.807, 2.05) is 19.9 Å². The molecular formula is C16H15Cl2NO2. The third-order valence-corrected chi connectivity index (χ3v) is 3.74. The summed E-state index contributed by atoms with van der Waals surface area (Å²) in [6.45, 7) is 4.10. The molecule has 0 amide bonds. The summed E-state index contributed by atoms with van der Waals surface area (Å²) >= 11 is 12.1. The van der Waals surface area contributed by atoms with E-state index in [-0.39, 0.29) is 17.4 Å². The fourth-order valence-corrected chi connectivity index (χ4v) is 2.56. The zero-order valence-electron chi connectivity index (χ0n) is 12.0. The fraction of sp³-hybridized carbons (Fsp3) is 0.250. The zero-order valence-corrected chi connectivity index (χ0v) is 13.5. The summed E-state index contributed by atoms with van der Waals surface area (Å²) in [5.74, 6) is 0.310. The number of hydrogen-bond acceptors (Lipinski definition) is 3. The maximum absolute atomic E-state index is 12.4. The third kappa shape index (κ3) is 3.36. The molecule has 110 valence electrons. The van der Waals surface area contributed by atoms with Gasteiger partial charge in [-0.25, -0.2) is 4.98 Å². The second-order valence-corrected chi connectivity index (χ2v) is 5.72. The quantitative estimate of drug-likeness (QED) is 0.762. The van der Waals surface area contributed by atoms with Crippen LogP contribution in [0.15, 0.2) is 30.3 Å². The van der Waals surface area contributed by atoms with Crippen LogP contribution in [0.5, 0.6) is 5.88 Å². The molecule has 0 unspecified atom stereocenters. The largest absolute Gasteiger partial charge is 0.480 e. The number of benzene rings is 1. The molecular weight excluding hydrogens is 309 g/mol. The van der Waals surface area contributed by atoms with Crippen molar-refractivity contribution in [1.82, 2.24) is 4.98 Å². The Kier molecular flexibility index (Phi) is 4.86. The van der Waals surface area contributed by atoms with E-state index in [9.17, 15) is 4.79 Å². The summed E-state index contributed by atoms with van der Waals surface area (Å²) < 4.78 is 5.02. The molecule has 1 aromatic carbocycles. The highest BCUT2D eigenvalue weighted by Crippen LogP contribution is 2.27. The van der Waals surface area contributed by atoms with Crippen molar-refractivity contribution >= 4 is 29.0 Å². The molecule has 0 radical (unpaired) electrons. The molecule has 0 atom stereocenters. The van der Waals surface area contributed by atoms with Crippen molar-refractivity contribution in [3.63, 3.8) is 0 Å². The highest BCUT2D eigenvalue weighted by molar-refractivity contribution is 6.32. The van der Waals surface area contributed by atoms with E-state index >= 15 is 0 Å². The van der Waals surface area contributed by atoms with Gasteiger partial charge in [0.1, 0.15) is 10.7 Å². The predicted molar refractivity (Wildman–Crippen MR) is 84.8 cm³/mol. The van der Waals surface area contributed by atoms with Gasteiger partial charge in [0.2, 0.25) is 11.7 Å². The van der Waals surface area contributed by atoms with Crippen LogP contribution in [0, 0.1) is 0 Å². The first-order chi connectivity index (χ1) is 9.93. The number of rotatable bonds is 4. The van der Waals surface area contributed by atoms with Gasteiger partial charge in [-0.1, -0.05) is 49.2 Å². The fourth-order valence-electron chi connectivity index (χ4n) is 1.98. The minimum absolute atomic E-state index is 0.220. The number of carbonyl (C=O) groups excluding carboxylic acids is 1. The molecule has 0 aliphatic carbocycles. The van der Waals surface area contributed by atoms with Crippen molar-refractivity contribution in [3.05, 3.63) is 57.2 Å². The van der Waals surface area contributed by atoms with Crippen LogP contribution < -0.4 is 4.74 Å². The van der Waals surface area contributed by atoms with Gasteiger partial charge in [-0.05, 0) is 29.7 Å². The van der Waals surface area contributed by atoms with Crippen molar-refractivity contribution in [2.75, 3.05) is 7.11 Å². The Morgan fingerprint density at radius 3 is 2.43 bits per heavy atom. The number of carbonyl (C=O) groups is 1. The summed E-state index contributed by atoms with van der Waals surface area (Å²) in [4.78, 5) is 16.5. The minimum Gasteiger partial charge on any atom is -0.480 e. The van der Waals surface area contributed by atoms with Crippen LogP contribution in [0.25, 0.3) is 0 Å². The molecule has 3 nitrogen and oxygen atoms in total. The summed E-state index contributed by atoms with van der Waals surface area (Å²) in [6, 6.07) is 8.45. The van der Waals surface area contributed by atoms with E-state index in [1.165, 1.54) is 7.11 Å². The number of hydrogen-bond donors (Lipinski definition) is 0. The van der Waals surface area contributed by atoms with Crippen LogP contribution in [-0.2, 0) is 0 Å². The normalized spacial score (nSPS) is 10.8. The number of ketones is 1. The number of halogens is 2. The van der Waals surface area contributed by atoms with Crippen LogP contribution in [0.2, 0.25) is 10.0 Å². The zero-order chi connectivity index (χ0) is 15.6. The maximum atomic E-state index is 12.4. The van der Waals surface area contributed by atoms with Gasteiger partial charge >= 0.3 is 0 Å². The summed E-state index contributed by atoms with van der Waals surface area (Å²) in [7, 11) is 1.46. The Bertz CT molecular complexity index is 684. The highest BCUT2D eigenvalue weighted by Gasteiger charge is 2.15. The molecule has 1 heterocycles. The van der Waals surface area contributed by atoms with Crippen molar-refractivity contribution in [2.24, 2.45) is 0 Å². The number of pyridine rings is 1. The molecule has 0 spiro atoms. The average molecular weight is 324 g/mol. The van der Waals surface area contributed by atoms with E-state index in [1.54, 1.807) is 24.3 Å². The van der Waals surface area contributed by atoms with E-state index in [2.05, 4.69) is 4.98 Å². The highest BCUT2D eigenvalue weighted by atomic mass is 35.5. The van der Waals surface area contributed by atoms with Crippen LogP contribution in [0.1, 0.15) is 41.4 Å². The molecule has 0 fully saturated rings. The lowest BCUT2D eigenvalue weighted by Gasteiger charge is -2.10. The molecule has 21 heavy (non-hydrogen) atoms. The van der Waals surface area contributed by atoms with Crippen molar-refractivity contribution in [1.29, 1.82) is 0 Å². The van der Waals surface area contributed by atoms with Gasteiger partial charge in [0.05, 0.1) is 7.11 Å². The van der Waals surface area contributed by atoms with Crippen molar-refractivity contribution in [3.8, 4) is 5.88 Å². The number of methoxy groups -OCH3 is 1. The monoisotopic (exact) mass is 323 g/mol. The molecule has 5 heteroatoms. The molecule has 1 aromatic heterocycles. The lowest BCUT2D eigenvalue weighted by Crippen LogP contribution is -2.06. The molecule has 2 rings (SSSR count). The first-order valence-corrected chi connectivity index (χ1v) is 7.24. The second-order valence-electron chi connectivity index (χ2n) is 4.91. The molecule has 0 aliphatic heterocycles. The standard InChI is InChI=1S/C16H15Cl2NO2/c1-9(2)11-5-4-10(8-13(11)18)15(20)14-7-6-12(17)16(19-14)21-3/h4-9H,1-3H3. The van der Waals surface area contributed by atoms with Gasteiger partial charge < -0.3 is 4.74 Å². The average Bonchev–Trinajstić information content (AvgIpc) is 2.46. The number of aromatic nitrogens is 1. The molecule has 0 aliphatic rings. The van der Waals surface area contributed by atoms with Crippen LogP contribution in [0.4, 0.5) is 0 Å². The maximum Gasteiger partial charge on any atom is 0.232 e. The molecule has 2 aromatic rings. The van der Waals surface area contributed by atoms with Crippen molar-refractivity contribution in [2.45, 2.75) is 19.8 Å².